The van der Waals surface area contributed by atoms with Gasteiger partial charge in [-0.3, -0.25) is 9.44 Å². The van der Waals surface area contributed by atoms with E-state index < -0.39 is 39.9 Å². The summed E-state index contributed by atoms with van der Waals surface area (Å²) >= 11 is 0. The van der Waals surface area contributed by atoms with Crippen molar-refractivity contribution in [1.29, 1.82) is 0 Å². The largest absolute Gasteiger partial charge is 0.624 e. The Morgan fingerprint density at radius 1 is 1.42 bits per heavy atom. The lowest BCUT2D eigenvalue weighted by Crippen LogP contribution is -2.57. The lowest BCUT2D eigenvalue weighted by molar-refractivity contribution is -0.917. The van der Waals surface area contributed by atoms with Crippen LogP contribution in [0.3, 0.4) is 0 Å². The minimum atomic E-state index is -1.92. The summed E-state index contributed by atoms with van der Waals surface area (Å²) in [5.74, 6) is -1.91. The fourth-order valence-electron chi connectivity index (χ4n) is 4.21. The van der Waals surface area contributed by atoms with Gasteiger partial charge in [0, 0.05) is 19.3 Å². The zero-order valence-corrected chi connectivity index (χ0v) is 15.6. The predicted molar refractivity (Wildman–Crippen MR) is 93.0 cm³/mol. The van der Waals surface area contributed by atoms with Gasteiger partial charge >= 0.3 is 11.9 Å². The Hall–Kier alpha value is -1.70. The van der Waals surface area contributed by atoms with E-state index in [9.17, 15) is 19.9 Å². The van der Waals surface area contributed by atoms with Crippen LogP contribution in [0.4, 0.5) is 0 Å². The molecular formula is C19H27NO6. The third-order valence-corrected chi connectivity index (χ3v) is 6.35. The monoisotopic (exact) mass is 365 g/mol. The highest BCUT2D eigenvalue weighted by atomic mass is 16.7. The highest BCUT2D eigenvalue weighted by Crippen LogP contribution is 2.52. The van der Waals surface area contributed by atoms with Crippen LogP contribution in [0, 0.1) is 11.1 Å². The Balaban J connectivity index is 1.99. The van der Waals surface area contributed by atoms with Crippen molar-refractivity contribution in [2.24, 2.45) is 5.92 Å². The average molecular weight is 365 g/mol. The summed E-state index contributed by atoms with van der Waals surface area (Å²) in [5.41, 5.74) is -1.98. The van der Waals surface area contributed by atoms with E-state index in [1.165, 1.54) is 6.92 Å². The van der Waals surface area contributed by atoms with Crippen molar-refractivity contribution in [1.82, 2.24) is 0 Å². The normalized spacial score (nSPS) is 43.7. The van der Waals surface area contributed by atoms with Gasteiger partial charge in [0.2, 0.25) is 6.23 Å². The quantitative estimate of drug-likeness (QED) is 0.331. The summed E-state index contributed by atoms with van der Waals surface area (Å²) in [7, 11) is 0. The zero-order chi connectivity index (χ0) is 19.3. The second kappa shape index (κ2) is 6.18. The van der Waals surface area contributed by atoms with Crippen molar-refractivity contribution in [3.05, 3.63) is 29.1 Å². The van der Waals surface area contributed by atoms with E-state index in [1.807, 2.05) is 13.8 Å². The number of carbonyl (C=O) groups excluding carboxylic acids is 2. The van der Waals surface area contributed by atoms with Gasteiger partial charge in [-0.05, 0) is 38.3 Å². The lowest BCUT2D eigenvalue weighted by atomic mass is 9.87. The molecule has 3 heterocycles. The first-order chi connectivity index (χ1) is 12.1. The molecule has 3 rings (SSSR count). The van der Waals surface area contributed by atoms with E-state index in [1.54, 1.807) is 6.08 Å². The summed E-state index contributed by atoms with van der Waals surface area (Å²) in [6.07, 6.45) is 3.14. The van der Waals surface area contributed by atoms with Gasteiger partial charge in [0.1, 0.15) is 11.2 Å². The number of rotatable bonds is 1. The molecule has 0 aromatic carbocycles. The van der Waals surface area contributed by atoms with Crippen LogP contribution < -0.4 is 0 Å². The molecule has 5 atom stereocenters. The van der Waals surface area contributed by atoms with Crippen molar-refractivity contribution in [3.8, 4) is 0 Å². The summed E-state index contributed by atoms with van der Waals surface area (Å²) < 4.78 is 10.1. The topological polar surface area (TPSA) is 95.9 Å². The molecule has 7 heteroatoms. The number of quaternary nitrogens is 1. The number of hydroxylamine groups is 3. The number of esters is 2. The molecule has 0 radical (unpaired) electrons. The van der Waals surface area contributed by atoms with E-state index in [0.717, 1.165) is 0 Å². The highest BCUT2D eigenvalue weighted by Gasteiger charge is 2.59. The zero-order valence-electron chi connectivity index (χ0n) is 15.6. The number of carbonyl (C=O) groups is 2. The molecule has 1 N–H and O–H groups in total. The van der Waals surface area contributed by atoms with Crippen molar-refractivity contribution in [2.45, 2.75) is 70.2 Å². The first kappa shape index (κ1) is 19.1. The highest BCUT2D eigenvalue weighted by molar-refractivity contribution is 5.83. The van der Waals surface area contributed by atoms with Crippen molar-refractivity contribution in [3.63, 3.8) is 0 Å². The second-order valence-corrected chi connectivity index (χ2v) is 8.05. The van der Waals surface area contributed by atoms with Crippen LogP contribution in [0.1, 0.15) is 52.9 Å². The van der Waals surface area contributed by atoms with Crippen LogP contribution in [0.2, 0.25) is 0 Å². The summed E-state index contributed by atoms with van der Waals surface area (Å²) in [5, 5.41) is 24.3. The maximum Gasteiger partial charge on any atom is 0.342 e. The number of hydrogen-bond acceptors (Lipinski definition) is 6. The minimum Gasteiger partial charge on any atom is -0.624 e. The number of hydrogen-bond donors (Lipinski definition) is 1. The molecule has 0 amide bonds. The molecule has 0 saturated carbocycles. The summed E-state index contributed by atoms with van der Waals surface area (Å²) in [6, 6.07) is 0. The molecule has 0 aromatic heterocycles. The van der Waals surface area contributed by atoms with E-state index in [0.29, 0.717) is 31.4 Å². The molecule has 0 spiro atoms. The summed E-state index contributed by atoms with van der Waals surface area (Å²) in [6.45, 7) is 8.54. The van der Waals surface area contributed by atoms with Crippen LogP contribution in [0.25, 0.3) is 0 Å². The van der Waals surface area contributed by atoms with Crippen LogP contribution >= 0.6 is 0 Å². The molecule has 0 aliphatic carbocycles. The van der Waals surface area contributed by atoms with Gasteiger partial charge < -0.3 is 19.8 Å². The average Bonchev–Trinajstić information content (AvgIpc) is 2.98. The number of aliphatic hydroxyl groups is 1. The third kappa shape index (κ3) is 2.61. The molecule has 0 aromatic rings. The Morgan fingerprint density at radius 2 is 2.12 bits per heavy atom. The SMILES string of the molecule is C=C1C[C@@H](CC)C(=O)O[C@@H]2CC[C@]3(C)CC=C(COC(=O)[C@@]1(C)O)[N@+]23[O-]. The third-order valence-electron chi connectivity index (χ3n) is 6.35. The van der Waals surface area contributed by atoms with E-state index in [4.69, 9.17) is 9.47 Å². The fourth-order valence-corrected chi connectivity index (χ4v) is 4.21. The molecule has 7 nitrogen and oxygen atoms in total. The maximum atomic E-state index is 13.8. The number of nitrogens with zero attached hydrogens (tertiary/aromatic N) is 1. The minimum absolute atomic E-state index is 0.100. The Morgan fingerprint density at radius 3 is 2.77 bits per heavy atom. The molecule has 0 bridgehead atoms. The molecule has 26 heavy (non-hydrogen) atoms. The van der Waals surface area contributed by atoms with Gasteiger partial charge in [0.05, 0.1) is 5.92 Å². The molecule has 2 saturated heterocycles. The van der Waals surface area contributed by atoms with Gasteiger partial charge in [0.25, 0.3) is 0 Å². The van der Waals surface area contributed by atoms with Crippen LogP contribution in [-0.2, 0) is 19.1 Å². The first-order valence-electron chi connectivity index (χ1n) is 9.14. The second-order valence-electron chi connectivity index (χ2n) is 8.05. The van der Waals surface area contributed by atoms with Crippen LogP contribution in [-0.4, -0.2) is 45.7 Å². The van der Waals surface area contributed by atoms with Crippen molar-refractivity contribution in [2.75, 3.05) is 6.61 Å². The number of ether oxygens (including phenoxy) is 2. The van der Waals surface area contributed by atoms with E-state index in [-0.39, 0.29) is 18.6 Å². The predicted octanol–water partition coefficient (Wildman–Crippen LogP) is 2.29. The molecule has 2 fully saturated rings. The standard InChI is InChI=1S/C19H27NO6/c1-5-13-10-12(2)19(4,23)17(22)25-11-14-6-8-18(3)9-7-15(20(14,18)24)26-16(13)21/h6,13,15,23H,2,5,7-11H2,1,3-4H3/t13-,15-,18+,19+,20+/m1/s1. The molecule has 0 unspecified atom stereocenters. The van der Waals surface area contributed by atoms with Gasteiger partial charge in [-0.1, -0.05) is 13.5 Å². The van der Waals surface area contributed by atoms with Gasteiger partial charge in [-0.15, -0.1) is 0 Å². The van der Waals surface area contributed by atoms with Gasteiger partial charge in [-0.2, -0.15) is 0 Å². The Bertz CT molecular complexity index is 684. The molecule has 144 valence electrons. The molecular weight excluding hydrogens is 338 g/mol. The van der Waals surface area contributed by atoms with Crippen LogP contribution in [0.5, 0.6) is 0 Å². The smallest absolute Gasteiger partial charge is 0.342 e. The van der Waals surface area contributed by atoms with Crippen molar-refractivity contribution >= 4 is 11.9 Å². The van der Waals surface area contributed by atoms with Gasteiger partial charge in [-0.25, -0.2) is 4.79 Å². The Kier molecular flexibility index (Phi) is 4.53. The summed E-state index contributed by atoms with van der Waals surface area (Å²) in [4.78, 5) is 25.1. The lowest BCUT2D eigenvalue weighted by Gasteiger charge is -2.50. The fraction of sp³-hybridized carbons (Fsp3) is 0.684. The van der Waals surface area contributed by atoms with Gasteiger partial charge in [0.15, 0.2) is 12.2 Å². The number of cyclic esters (lactones) is 1. The van der Waals surface area contributed by atoms with Crippen LogP contribution in [0.15, 0.2) is 23.9 Å². The Labute approximate surface area is 153 Å². The van der Waals surface area contributed by atoms with E-state index in [2.05, 4.69) is 6.58 Å². The maximum absolute atomic E-state index is 13.8. The first-order valence-corrected chi connectivity index (χ1v) is 9.14. The van der Waals surface area contributed by atoms with Crippen molar-refractivity contribution < 1.29 is 28.8 Å². The molecule has 3 aliphatic heterocycles. The van der Waals surface area contributed by atoms with E-state index >= 15 is 0 Å². The molecule has 3 aliphatic rings.